The molecule has 6 heteroatoms. The maximum absolute atomic E-state index is 11.9. The molecule has 0 amide bonds. The third kappa shape index (κ3) is 2.83. The van der Waals surface area contributed by atoms with Gasteiger partial charge in [-0.25, -0.2) is 4.79 Å². The molecule has 4 saturated heterocycles. The molecule has 0 radical (unpaired) electrons. The summed E-state index contributed by atoms with van der Waals surface area (Å²) in [6.45, 7) is 7.11. The van der Waals surface area contributed by atoms with E-state index in [-0.39, 0.29) is 42.3 Å². The molecule has 5 aliphatic heterocycles. The molecule has 0 aromatic heterocycles. The van der Waals surface area contributed by atoms with E-state index in [0.717, 1.165) is 38.6 Å². The maximum Gasteiger partial charge on any atom is 0.334 e. The molecule has 154 valence electrons. The van der Waals surface area contributed by atoms with Gasteiger partial charge in [0.1, 0.15) is 18.3 Å². The summed E-state index contributed by atoms with van der Waals surface area (Å²) in [5.41, 5.74) is 0.688. The summed E-state index contributed by atoms with van der Waals surface area (Å²) in [7, 11) is 0. The molecule has 0 spiro atoms. The summed E-state index contributed by atoms with van der Waals surface area (Å²) in [6, 6.07) is 0.810. The third-order valence-electron chi connectivity index (χ3n) is 7.83. The fourth-order valence-electron chi connectivity index (χ4n) is 6.47. The molecule has 0 aliphatic carbocycles. The number of esters is 2. The SMILES string of the molecule is CC1=C[C@@H]([C@@H]2O[C@@H]3CCCN4[C@@H](CC[C@H]4[C@@H]4C[C@H](C)C(=O)O4)[C@H]3[C@@H]2C)OC1=O. The molecule has 0 N–H and O–H groups in total. The highest BCUT2D eigenvalue weighted by Crippen LogP contribution is 2.48. The van der Waals surface area contributed by atoms with Crippen molar-refractivity contribution >= 4 is 11.9 Å². The minimum absolute atomic E-state index is 0.0222. The van der Waals surface area contributed by atoms with E-state index in [1.54, 1.807) is 0 Å². The van der Waals surface area contributed by atoms with Crippen LogP contribution in [-0.4, -0.2) is 59.9 Å². The van der Waals surface area contributed by atoms with Gasteiger partial charge in [0.05, 0.1) is 12.0 Å². The van der Waals surface area contributed by atoms with Crippen molar-refractivity contribution in [3.05, 3.63) is 11.6 Å². The Morgan fingerprint density at radius 1 is 1.04 bits per heavy atom. The topological polar surface area (TPSA) is 65.1 Å². The second-order valence-electron chi connectivity index (χ2n) is 9.50. The predicted octanol–water partition coefficient (Wildman–Crippen LogP) is 2.46. The van der Waals surface area contributed by atoms with E-state index in [4.69, 9.17) is 14.2 Å². The fourth-order valence-corrected chi connectivity index (χ4v) is 6.47. The number of carbonyl (C=O) groups excluding carboxylic acids is 2. The lowest BCUT2D eigenvalue weighted by molar-refractivity contribution is -0.147. The van der Waals surface area contributed by atoms with Crippen LogP contribution in [0.4, 0.5) is 0 Å². The van der Waals surface area contributed by atoms with Crippen LogP contribution in [0.5, 0.6) is 0 Å². The van der Waals surface area contributed by atoms with Crippen LogP contribution >= 0.6 is 0 Å². The third-order valence-corrected chi connectivity index (χ3v) is 7.83. The number of hydrogen-bond acceptors (Lipinski definition) is 6. The van der Waals surface area contributed by atoms with Crippen LogP contribution in [0.1, 0.15) is 52.9 Å². The highest BCUT2D eigenvalue weighted by atomic mass is 16.6. The Morgan fingerprint density at radius 3 is 2.50 bits per heavy atom. The van der Waals surface area contributed by atoms with Crippen molar-refractivity contribution in [3.63, 3.8) is 0 Å². The Labute approximate surface area is 166 Å². The van der Waals surface area contributed by atoms with E-state index < -0.39 is 0 Å². The van der Waals surface area contributed by atoms with Crippen LogP contribution in [0.15, 0.2) is 11.6 Å². The van der Waals surface area contributed by atoms with Crippen molar-refractivity contribution in [2.45, 2.75) is 89.4 Å². The standard InChI is InChI=1S/C22H31NO5/c1-11-9-17(27-21(11)24)14-6-7-15-19-13(3)20(18-10-12(2)22(25)28-18)26-16(19)5-4-8-23(14)15/h10-11,13-20H,4-9H2,1-3H3/t11-,13-,14-,15-,16+,17-,18-,19+,20+/m0/s1. The second kappa shape index (κ2) is 6.84. The van der Waals surface area contributed by atoms with Crippen LogP contribution in [0.3, 0.4) is 0 Å². The second-order valence-corrected chi connectivity index (χ2v) is 9.50. The number of rotatable bonds is 2. The van der Waals surface area contributed by atoms with Gasteiger partial charge in [0, 0.05) is 23.6 Å². The largest absolute Gasteiger partial charge is 0.460 e. The van der Waals surface area contributed by atoms with Gasteiger partial charge < -0.3 is 14.2 Å². The molecular weight excluding hydrogens is 358 g/mol. The number of ether oxygens (including phenoxy) is 3. The number of fused-ring (bicyclic) bond motifs is 3. The number of cyclic esters (lactones) is 2. The van der Waals surface area contributed by atoms with E-state index in [9.17, 15) is 9.59 Å². The molecule has 4 fully saturated rings. The molecule has 28 heavy (non-hydrogen) atoms. The molecule has 0 aromatic carbocycles. The van der Waals surface area contributed by atoms with Gasteiger partial charge in [-0.1, -0.05) is 13.8 Å². The van der Waals surface area contributed by atoms with Gasteiger partial charge in [-0.2, -0.15) is 0 Å². The first-order valence-corrected chi connectivity index (χ1v) is 10.9. The maximum atomic E-state index is 11.9. The molecule has 9 atom stereocenters. The van der Waals surface area contributed by atoms with Crippen molar-refractivity contribution in [2.24, 2.45) is 17.8 Å². The zero-order chi connectivity index (χ0) is 19.6. The van der Waals surface area contributed by atoms with Crippen molar-refractivity contribution in [1.82, 2.24) is 4.90 Å². The Hall–Kier alpha value is -1.40. The van der Waals surface area contributed by atoms with Gasteiger partial charge in [0.15, 0.2) is 0 Å². The first-order valence-electron chi connectivity index (χ1n) is 10.9. The zero-order valence-electron chi connectivity index (χ0n) is 17.0. The van der Waals surface area contributed by atoms with E-state index in [1.165, 1.54) is 0 Å². The minimum atomic E-state index is -0.253. The molecular formula is C22H31NO5. The van der Waals surface area contributed by atoms with E-state index in [0.29, 0.717) is 29.5 Å². The predicted molar refractivity (Wildman–Crippen MR) is 101 cm³/mol. The van der Waals surface area contributed by atoms with E-state index >= 15 is 0 Å². The van der Waals surface area contributed by atoms with Crippen molar-refractivity contribution < 1.29 is 23.8 Å². The molecule has 6 nitrogen and oxygen atoms in total. The molecule has 5 aliphatic rings. The lowest BCUT2D eigenvalue weighted by Crippen LogP contribution is -2.47. The van der Waals surface area contributed by atoms with Crippen LogP contribution in [0.25, 0.3) is 0 Å². The summed E-state index contributed by atoms with van der Waals surface area (Å²) in [5, 5.41) is 0. The average Bonchev–Trinajstić information content (AvgIpc) is 3.35. The van der Waals surface area contributed by atoms with Gasteiger partial charge in [0.25, 0.3) is 0 Å². The van der Waals surface area contributed by atoms with Gasteiger partial charge >= 0.3 is 11.9 Å². The summed E-state index contributed by atoms with van der Waals surface area (Å²) in [6.07, 6.45) is 7.11. The lowest BCUT2D eigenvalue weighted by Gasteiger charge is -2.36. The summed E-state index contributed by atoms with van der Waals surface area (Å²) in [4.78, 5) is 26.4. The summed E-state index contributed by atoms with van der Waals surface area (Å²) >= 11 is 0. The molecule has 5 heterocycles. The van der Waals surface area contributed by atoms with Gasteiger partial charge in [-0.15, -0.1) is 0 Å². The van der Waals surface area contributed by atoms with Gasteiger partial charge in [-0.05, 0) is 57.6 Å². The smallest absolute Gasteiger partial charge is 0.334 e. The highest BCUT2D eigenvalue weighted by molar-refractivity contribution is 5.90. The Morgan fingerprint density at radius 2 is 1.82 bits per heavy atom. The Balaban J connectivity index is 1.35. The minimum Gasteiger partial charge on any atom is -0.460 e. The van der Waals surface area contributed by atoms with E-state index in [2.05, 4.69) is 11.8 Å². The first-order chi connectivity index (χ1) is 13.4. The van der Waals surface area contributed by atoms with Gasteiger partial charge in [-0.3, -0.25) is 9.69 Å². The number of hydrogen-bond donors (Lipinski definition) is 0. The zero-order valence-corrected chi connectivity index (χ0v) is 17.0. The molecule has 0 bridgehead atoms. The van der Waals surface area contributed by atoms with Gasteiger partial charge in [0.2, 0.25) is 0 Å². The fraction of sp³-hybridized carbons (Fsp3) is 0.818. The first kappa shape index (κ1) is 18.6. The number of nitrogens with zero attached hydrogens (tertiary/aromatic N) is 1. The van der Waals surface area contributed by atoms with Crippen molar-refractivity contribution in [2.75, 3.05) is 6.54 Å². The van der Waals surface area contributed by atoms with E-state index in [1.807, 2.05) is 19.9 Å². The summed E-state index contributed by atoms with van der Waals surface area (Å²) in [5.74, 6) is 0.546. The quantitative estimate of drug-likeness (QED) is 0.676. The van der Waals surface area contributed by atoms with Crippen LogP contribution in [0, 0.1) is 17.8 Å². The van der Waals surface area contributed by atoms with Crippen molar-refractivity contribution in [1.29, 1.82) is 0 Å². The highest BCUT2D eigenvalue weighted by Gasteiger charge is 2.55. The van der Waals surface area contributed by atoms with Crippen molar-refractivity contribution in [3.8, 4) is 0 Å². The Kier molecular flexibility index (Phi) is 4.55. The molecule has 5 rings (SSSR count). The lowest BCUT2D eigenvalue weighted by atomic mass is 9.80. The summed E-state index contributed by atoms with van der Waals surface area (Å²) < 4.78 is 17.8. The van der Waals surface area contributed by atoms with Crippen LogP contribution in [-0.2, 0) is 23.8 Å². The molecule has 0 aromatic rings. The van der Waals surface area contributed by atoms with Crippen LogP contribution < -0.4 is 0 Å². The molecule has 0 unspecified atom stereocenters. The number of carbonyl (C=O) groups is 2. The monoisotopic (exact) mass is 389 g/mol. The Bertz CT molecular complexity index is 705. The average molecular weight is 389 g/mol. The normalized spacial score (nSPS) is 48.7. The van der Waals surface area contributed by atoms with Crippen LogP contribution in [0.2, 0.25) is 0 Å². The molecule has 0 saturated carbocycles.